The Bertz CT molecular complexity index is 591. The normalized spacial score (nSPS) is 13.8. The van der Waals surface area contributed by atoms with E-state index in [0.29, 0.717) is 5.56 Å². The van der Waals surface area contributed by atoms with Crippen LogP contribution in [0.4, 0.5) is 0 Å². The van der Waals surface area contributed by atoms with E-state index in [1.165, 1.54) is 6.07 Å². The van der Waals surface area contributed by atoms with Gasteiger partial charge in [-0.25, -0.2) is 4.79 Å². The molecule has 0 saturated carbocycles. The van der Waals surface area contributed by atoms with Crippen LogP contribution in [-0.2, 0) is 24.5 Å². The summed E-state index contributed by atoms with van der Waals surface area (Å²) in [7, 11) is -4.21. The maximum atomic E-state index is 12.2. The van der Waals surface area contributed by atoms with Gasteiger partial charge >= 0.3 is 16.1 Å². The molecular weight excluding hydrogens is 280 g/mol. The quantitative estimate of drug-likeness (QED) is 0.783. The molecule has 1 aromatic rings. The lowest BCUT2D eigenvalue weighted by Gasteiger charge is -2.22. The van der Waals surface area contributed by atoms with Crippen molar-refractivity contribution in [1.29, 1.82) is 0 Å². The summed E-state index contributed by atoms with van der Waals surface area (Å²) in [6, 6.07) is 5.22. The number of hydrogen-bond donors (Lipinski definition) is 2. The minimum absolute atomic E-state index is 0.0370. The van der Waals surface area contributed by atoms with Gasteiger partial charge in [-0.3, -0.25) is 0 Å². The molecule has 0 aliphatic carbocycles. The summed E-state index contributed by atoms with van der Waals surface area (Å²) in [6.07, 6.45) is 0. The van der Waals surface area contributed by atoms with Crippen LogP contribution in [0.5, 0.6) is 0 Å². The van der Waals surface area contributed by atoms with Crippen LogP contribution < -0.4 is 11.5 Å². The summed E-state index contributed by atoms with van der Waals surface area (Å²) < 4.78 is 28.9. The van der Waals surface area contributed by atoms with Gasteiger partial charge in [-0.1, -0.05) is 39.0 Å². The van der Waals surface area contributed by atoms with Gasteiger partial charge in [0.25, 0.3) is 0 Å². The van der Waals surface area contributed by atoms with E-state index in [-0.39, 0.29) is 11.4 Å². The number of nitrogens with two attached hydrogens (primary N) is 2. The van der Waals surface area contributed by atoms with E-state index in [9.17, 15) is 13.2 Å². The highest BCUT2D eigenvalue weighted by atomic mass is 32.2. The Kier molecular flexibility index (Phi) is 4.90. The second-order valence-electron chi connectivity index (χ2n) is 5.44. The van der Waals surface area contributed by atoms with Crippen molar-refractivity contribution in [3.8, 4) is 0 Å². The molecule has 112 valence electrons. The molecule has 7 heteroatoms. The van der Waals surface area contributed by atoms with Crippen molar-refractivity contribution in [2.24, 2.45) is 11.5 Å². The van der Waals surface area contributed by atoms with E-state index in [0.717, 1.165) is 0 Å². The second-order valence-corrected chi connectivity index (χ2v) is 6.96. The monoisotopic (exact) mass is 300 g/mol. The topological polar surface area (TPSA) is 112 Å². The molecule has 0 amide bonds. The van der Waals surface area contributed by atoms with Crippen LogP contribution in [0.25, 0.3) is 0 Å². The molecule has 0 radical (unpaired) electrons. The molecule has 0 bridgehead atoms. The smallest absolute Gasteiger partial charge is 0.340 e. The maximum Gasteiger partial charge on any atom is 0.342 e. The van der Waals surface area contributed by atoms with Crippen molar-refractivity contribution in [3.05, 3.63) is 29.8 Å². The summed E-state index contributed by atoms with van der Waals surface area (Å²) in [5, 5.41) is 0. The molecule has 4 N–H and O–H groups in total. The van der Waals surface area contributed by atoms with Crippen molar-refractivity contribution in [1.82, 2.24) is 0 Å². The molecule has 1 atom stereocenters. The third kappa shape index (κ3) is 3.78. The number of rotatable bonds is 4. The fraction of sp³-hybridized carbons (Fsp3) is 0.462. The third-order valence-electron chi connectivity index (χ3n) is 2.71. The first-order chi connectivity index (χ1) is 9.09. The Morgan fingerprint density at radius 2 is 1.85 bits per heavy atom. The Balaban J connectivity index is 3.21. The van der Waals surface area contributed by atoms with Gasteiger partial charge in [0.15, 0.2) is 0 Å². The molecule has 1 rings (SSSR count). The fourth-order valence-electron chi connectivity index (χ4n) is 1.62. The average molecular weight is 300 g/mol. The summed E-state index contributed by atoms with van der Waals surface area (Å²) in [6.45, 7) is 5.42. The predicted molar refractivity (Wildman–Crippen MR) is 75.4 cm³/mol. The van der Waals surface area contributed by atoms with Gasteiger partial charge in [-0.15, -0.1) is 0 Å². The Morgan fingerprint density at radius 1 is 1.30 bits per heavy atom. The minimum atomic E-state index is -4.21. The lowest BCUT2D eigenvalue weighted by molar-refractivity contribution is -0.135. The molecule has 20 heavy (non-hydrogen) atoms. The largest absolute Gasteiger partial charge is 0.342 e. The van der Waals surface area contributed by atoms with Crippen LogP contribution in [0, 0.1) is 0 Å². The number of carbonyl (C=O) groups is 1. The van der Waals surface area contributed by atoms with Crippen LogP contribution in [0.3, 0.4) is 0 Å². The van der Waals surface area contributed by atoms with Gasteiger partial charge in [0, 0.05) is 6.54 Å². The summed E-state index contributed by atoms with van der Waals surface area (Å²) in [5.41, 5.74) is 10.7. The Hall–Kier alpha value is -1.44. The standard InChI is InChI=1S/C13H20N2O4S/c1-13(2,3)9-6-4-5-7-11(9)20(17,18)19-12(16)10(15)8-14/h4-7,10H,8,14-15H2,1-3H3/t10-/m0/s1. The first-order valence-electron chi connectivity index (χ1n) is 6.13. The highest BCUT2D eigenvalue weighted by Crippen LogP contribution is 2.29. The van der Waals surface area contributed by atoms with Crippen LogP contribution in [0.1, 0.15) is 26.3 Å². The molecule has 0 aliphatic rings. The lowest BCUT2D eigenvalue weighted by atomic mass is 9.87. The molecule has 0 fully saturated rings. The first kappa shape index (κ1) is 16.6. The van der Waals surface area contributed by atoms with Gasteiger partial charge in [-0.05, 0) is 17.0 Å². The molecule has 1 aromatic carbocycles. The van der Waals surface area contributed by atoms with E-state index in [1.54, 1.807) is 18.2 Å². The van der Waals surface area contributed by atoms with Gasteiger partial charge in [0.2, 0.25) is 0 Å². The SMILES string of the molecule is CC(C)(C)c1ccccc1S(=O)(=O)OC(=O)[C@@H](N)CN. The zero-order valence-corrected chi connectivity index (χ0v) is 12.6. The summed E-state index contributed by atoms with van der Waals surface area (Å²) >= 11 is 0. The number of benzene rings is 1. The van der Waals surface area contributed by atoms with Gasteiger partial charge < -0.3 is 15.7 Å². The third-order valence-corrected chi connectivity index (χ3v) is 3.99. The predicted octanol–water partition coefficient (Wildman–Crippen LogP) is 0.502. The average Bonchev–Trinajstić information content (AvgIpc) is 2.36. The van der Waals surface area contributed by atoms with Crippen molar-refractivity contribution in [2.75, 3.05) is 6.54 Å². The summed E-state index contributed by atoms with van der Waals surface area (Å²) in [4.78, 5) is 11.5. The molecular formula is C13H20N2O4S. The van der Waals surface area contributed by atoms with E-state index in [1.807, 2.05) is 20.8 Å². The minimum Gasteiger partial charge on any atom is -0.340 e. The summed E-state index contributed by atoms with van der Waals surface area (Å²) in [5.74, 6) is -1.06. The van der Waals surface area contributed by atoms with Crippen molar-refractivity contribution < 1.29 is 17.4 Å². The van der Waals surface area contributed by atoms with Crippen molar-refractivity contribution in [2.45, 2.75) is 37.1 Å². The van der Waals surface area contributed by atoms with E-state index >= 15 is 0 Å². The zero-order valence-electron chi connectivity index (χ0n) is 11.8. The highest BCUT2D eigenvalue weighted by Gasteiger charge is 2.29. The van der Waals surface area contributed by atoms with Crippen molar-refractivity contribution in [3.63, 3.8) is 0 Å². The molecule has 0 aromatic heterocycles. The second kappa shape index (κ2) is 5.90. The van der Waals surface area contributed by atoms with Gasteiger partial charge in [0.1, 0.15) is 10.9 Å². The molecule has 0 unspecified atom stereocenters. The van der Waals surface area contributed by atoms with Crippen LogP contribution >= 0.6 is 0 Å². The lowest BCUT2D eigenvalue weighted by Crippen LogP contribution is -2.40. The molecule has 0 saturated heterocycles. The van der Waals surface area contributed by atoms with Crippen LogP contribution in [0.15, 0.2) is 29.2 Å². The maximum absolute atomic E-state index is 12.2. The van der Waals surface area contributed by atoms with E-state index in [2.05, 4.69) is 4.18 Å². The fourth-order valence-corrected chi connectivity index (χ4v) is 2.93. The van der Waals surface area contributed by atoms with Gasteiger partial charge in [-0.2, -0.15) is 8.42 Å². The zero-order chi connectivity index (χ0) is 15.6. The number of hydrogen-bond acceptors (Lipinski definition) is 6. The van der Waals surface area contributed by atoms with Gasteiger partial charge in [0.05, 0.1) is 0 Å². The first-order valence-corrected chi connectivity index (χ1v) is 7.54. The van der Waals surface area contributed by atoms with Crippen LogP contribution in [0.2, 0.25) is 0 Å². The van der Waals surface area contributed by atoms with Crippen LogP contribution in [-0.4, -0.2) is 27.0 Å². The number of carbonyl (C=O) groups excluding carboxylic acids is 1. The Labute approximate surface area is 119 Å². The van der Waals surface area contributed by atoms with E-state index in [4.69, 9.17) is 11.5 Å². The van der Waals surface area contributed by atoms with E-state index < -0.39 is 27.5 Å². The van der Waals surface area contributed by atoms with Crippen molar-refractivity contribution >= 4 is 16.1 Å². The highest BCUT2D eigenvalue weighted by molar-refractivity contribution is 7.87. The molecule has 6 nitrogen and oxygen atoms in total. The molecule has 0 aliphatic heterocycles. The Morgan fingerprint density at radius 3 is 2.35 bits per heavy atom. The molecule has 0 spiro atoms. The molecule has 0 heterocycles.